The van der Waals surface area contributed by atoms with E-state index >= 15 is 0 Å². The van der Waals surface area contributed by atoms with Crippen LogP contribution in [0.1, 0.15) is 18.4 Å². The van der Waals surface area contributed by atoms with Gasteiger partial charge in [-0.3, -0.25) is 4.79 Å². The Labute approximate surface area is 146 Å². The number of halogens is 2. The Morgan fingerprint density at radius 2 is 2.00 bits per heavy atom. The predicted molar refractivity (Wildman–Crippen MR) is 96.7 cm³/mol. The van der Waals surface area contributed by atoms with Crippen molar-refractivity contribution in [1.29, 1.82) is 0 Å². The summed E-state index contributed by atoms with van der Waals surface area (Å²) in [4.78, 5) is 14.5. The van der Waals surface area contributed by atoms with Gasteiger partial charge in [-0.05, 0) is 42.7 Å². The van der Waals surface area contributed by atoms with Crippen LogP contribution >= 0.6 is 23.2 Å². The highest BCUT2D eigenvalue weighted by Gasteiger charge is 2.17. The van der Waals surface area contributed by atoms with Crippen molar-refractivity contribution in [2.24, 2.45) is 0 Å². The van der Waals surface area contributed by atoms with E-state index in [1.165, 1.54) is 11.3 Å². The largest absolute Gasteiger partial charge is 0.371 e. The van der Waals surface area contributed by atoms with Crippen LogP contribution in [0.15, 0.2) is 42.5 Å². The number of nitrogens with zero attached hydrogens (tertiary/aromatic N) is 1. The van der Waals surface area contributed by atoms with Crippen LogP contribution in [0.3, 0.4) is 0 Å². The molecule has 1 aliphatic heterocycles. The Bertz CT molecular complexity index is 718. The van der Waals surface area contributed by atoms with E-state index in [4.69, 9.17) is 23.2 Å². The van der Waals surface area contributed by atoms with E-state index in [1.54, 1.807) is 18.2 Å². The highest BCUT2D eigenvalue weighted by molar-refractivity contribution is 6.36. The Balaban J connectivity index is 1.59. The third-order valence-electron chi connectivity index (χ3n) is 4.02. The minimum absolute atomic E-state index is 0.0442. The zero-order chi connectivity index (χ0) is 16.2. The maximum absolute atomic E-state index is 12.2. The van der Waals surface area contributed by atoms with Crippen LogP contribution in [-0.4, -0.2) is 19.0 Å². The number of hydrogen-bond donors (Lipinski definition) is 1. The zero-order valence-corrected chi connectivity index (χ0v) is 14.2. The molecule has 0 spiro atoms. The number of para-hydroxylation sites is 1. The lowest BCUT2D eigenvalue weighted by molar-refractivity contribution is -0.116. The van der Waals surface area contributed by atoms with Crippen LogP contribution in [-0.2, 0) is 11.2 Å². The Hall–Kier alpha value is -1.71. The van der Waals surface area contributed by atoms with Crippen molar-refractivity contribution in [2.45, 2.75) is 19.3 Å². The second-order valence-electron chi connectivity index (χ2n) is 5.64. The molecular formula is C18H18Cl2N2O. The van der Waals surface area contributed by atoms with Crippen molar-refractivity contribution in [3.05, 3.63) is 58.1 Å². The molecule has 0 radical (unpaired) electrons. The lowest BCUT2D eigenvalue weighted by Gasteiger charge is -2.31. The molecule has 2 aromatic carbocycles. The Morgan fingerprint density at radius 1 is 1.17 bits per heavy atom. The third kappa shape index (κ3) is 3.98. The van der Waals surface area contributed by atoms with Gasteiger partial charge in [0.25, 0.3) is 0 Å². The molecule has 3 rings (SSSR count). The van der Waals surface area contributed by atoms with E-state index in [0.717, 1.165) is 19.4 Å². The summed E-state index contributed by atoms with van der Waals surface area (Å²) in [6.45, 7) is 1.69. The molecule has 23 heavy (non-hydrogen) atoms. The summed E-state index contributed by atoms with van der Waals surface area (Å²) in [6, 6.07) is 13.5. The maximum atomic E-state index is 12.2. The van der Waals surface area contributed by atoms with Crippen LogP contribution in [0.25, 0.3) is 0 Å². The summed E-state index contributed by atoms with van der Waals surface area (Å²) in [5, 5.41) is 3.85. The minimum Gasteiger partial charge on any atom is -0.371 e. The molecule has 1 aliphatic rings. The number of aryl methyl sites for hydroxylation is 1. The molecule has 0 unspecified atom stereocenters. The summed E-state index contributed by atoms with van der Waals surface area (Å²) in [6.07, 6.45) is 2.66. The first kappa shape index (κ1) is 16.2. The van der Waals surface area contributed by atoms with Gasteiger partial charge >= 0.3 is 0 Å². The molecule has 1 heterocycles. The van der Waals surface area contributed by atoms with E-state index in [1.807, 2.05) is 6.07 Å². The molecular weight excluding hydrogens is 331 g/mol. The summed E-state index contributed by atoms with van der Waals surface area (Å²) in [7, 11) is 0. The lowest BCUT2D eigenvalue weighted by Crippen LogP contribution is -2.32. The Kier molecular flexibility index (Phi) is 5.09. The molecule has 0 aromatic heterocycles. The summed E-state index contributed by atoms with van der Waals surface area (Å²) >= 11 is 11.9. The molecule has 1 amide bonds. The van der Waals surface area contributed by atoms with Gasteiger partial charge in [0.05, 0.1) is 10.7 Å². The van der Waals surface area contributed by atoms with Gasteiger partial charge in [-0.1, -0.05) is 41.4 Å². The fourth-order valence-electron chi connectivity index (χ4n) is 2.88. The van der Waals surface area contributed by atoms with E-state index in [0.29, 0.717) is 28.7 Å². The maximum Gasteiger partial charge on any atom is 0.226 e. The van der Waals surface area contributed by atoms with Gasteiger partial charge in [0.15, 0.2) is 0 Å². The molecule has 5 heteroatoms. The van der Waals surface area contributed by atoms with Crippen molar-refractivity contribution in [3.8, 4) is 0 Å². The topological polar surface area (TPSA) is 32.3 Å². The number of amides is 1. The molecule has 3 nitrogen and oxygen atoms in total. The smallest absolute Gasteiger partial charge is 0.226 e. The normalized spacial score (nSPS) is 13.6. The first-order chi connectivity index (χ1) is 11.1. The van der Waals surface area contributed by atoms with Gasteiger partial charge in [-0.25, -0.2) is 0 Å². The number of nitrogens with one attached hydrogen (secondary N) is 1. The second-order valence-corrected chi connectivity index (χ2v) is 6.49. The first-order valence-corrected chi connectivity index (χ1v) is 8.47. The van der Waals surface area contributed by atoms with Crippen LogP contribution in [0, 0.1) is 0 Å². The first-order valence-electron chi connectivity index (χ1n) is 7.71. The van der Waals surface area contributed by atoms with E-state index in [9.17, 15) is 4.79 Å². The molecule has 0 fully saturated rings. The fraction of sp³-hybridized carbons (Fsp3) is 0.278. The molecule has 0 saturated carbocycles. The van der Waals surface area contributed by atoms with Crippen LogP contribution in [0.4, 0.5) is 11.4 Å². The van der Waals surface area contributed by atoms with Crippen LogP contribution in [0.5, 0.6) is 0 Å². The highest BCUT2D eigenvalue weighted by atomic mass is 35.5. The molecule has 0 aliphatic carbocycles. The van der Waals surface area contributed by atoms with E-state index < -0.39 is 0 Å². The fourth-order valence-corrected chi connectivity index (χ4v) is 3.34. The molecule has 120 valence electrons. The van der Waals surface area contributed by atoms with Crippen LogP contribution in [0.2, 0.25) is 10.0 Å². The highest BCUT2D eigenvalue weighted by Crippen LogP contribution is 2.27. The standard InChI is InChI=1S/C18H18Cl2N2O/c19-14-7-8-16(15(20)12-14)21-18(23)9-11-22-10-3-5-13-4-1-2-6-17(13)22/h1-2,4,6-8,12H,3,5,9-11H2,(H,21,23). The van der Waals surface area contributed by atoms with Gasteiger partial charge in [0, 0.05) is 30.2 Å². The van der Waals surface area contributed by atoms with Crippen molar-refractivity contribution in [2.75, 3.05) is 23.3 Å². The molecule has 0 atom stereocenters. The Morgan fingerprint density at radius 3 is 2.83 bits per heavy atom. The summed E-state index contributed by atoms with van der Waals surface area (Å²) in [5.41, 5.74) is 3.20. The predicted octanol–water partition coefficient (Wildman–Crippen LogP) is 4.77. The van der Waals surface area contributed by atoms with E-state index in [2.05, 4.69) is 28.4 Å². The number of benzene rings is 2. The number of rotatable bonds is 4. The van der Waals surface area contributed by atoms with Gasteiger partial charge in [-0.15, -0.1) is 0 Å². The van der Waals surface area contributed by atoms with Crippen molar-refractivity contribution in [3.63, 3.8) is 0 Å². The van der Waals surface area contributed by atoms with Crippen molar-refractivity contribution in [1.82, 2.24) is 0 Å². The summed E-state index contributed by atoms with van der Waals surface area (Å²) in [5.74, 6) is -0.0442. The molecule has 2 aromatic rings. The molecule has 0 saturated heterocycles. The van der Waals surface area contributed by atoms with Gasteiger partial charge in [0.2, 0.25) is 5.91 Å². The number of anilines is 2. The minimum atomic E-state index is -0.0442. The van der Waals surface area contributed by atoms with Gasteiger partial charge < -0.3 is 10.2 Å². The lowest BCUT2D eigenvalue weighted by atomic mass is 10.0. The van der Waals surface area contributed by atoms with Crippen molar-refractivity contribution < 1.29 is 4.79 Å². The van der Waals surface area contributed by atoms with Crippen LogP contribution < -0.4 is 10.2 Å². The number of fused-ring (bicyclic) bond motifs is 1. The third-order valence-corrected chi connectivity index (χ3v) is 4.57. The van der Waals surface area contributed by atoms with Gasteiger partial charge in [0.1, 0.15) is 0 Å². The molecule has 1 N–H and O–H groups in total. The quantitative estimate of drug-likeness (QED) is 0.862. The average molecular weight is 349 g/mol. The number of hydrogen-bond acceptors (Lipinski definition) is 2. The average Bonchev–Trinajstić information content (AvgIpc) is 2.55. The number of carbonyl (C=O) groups is 1. The summed E-state index contributed by atoms with van der Waals surface area (Å²) < 4.78 is 0. The number of carbonyl (C=O) groups excluding carboxylic acids is 1. The monoisotopic (exact) mass is 348 g/mol. The van der Waals surface area contributed by atoms with E-state index in [-0.39, 0.29) is 5.91 Å². The van der Waals surface area contributed by atoms with Crippen molar-refractivity contribution >= 4 is 40.5 Å². The zero-order valence-electron chi connectivity index (χ0n) is 12.7. The van der Waals surface area contributed by atoms with Gasteiger partial charge in [-0.2, -0.15) is 0 Å². The second kappa shape index (κ2) is 7.24. The SMILES string of the molecule is O=C(CCN1CCCc2ccccc21)Nc1ccc(Cl)cc1Cl. The molecule has 0 bridgehead atoms.